The average Bonchev–Trinajstić information content (AvgIpc) is 2.77. The maximum Gasteiger partial charge on any atom is 0.134 e. The minimum atomic E-state index is 0.622. The van der Waals surface area contributed by atoms with Gasteiger partial charge >= 0.3 is 0 Å². The zero-order valence-electron chi connectivity index (χ0n) is 10.9. The molecule has 0 fully saturated rings. The lowest BCUT2D eigenvalue weighted by Gasteiger charge is -2.11. The van der Waals surface area contributed by atoms with E-state index < -0.39 is 0 Å². The Hall–Kier alpha value is -2.04. The van der Waals surface area contributed by atoms with Gasteiger partial charge in [-0.25, -0.2) is 9.97 Å². The predicted octanol–water partition coefficient (Wildman–Crippen LogP) is 2.73. The summed E-state index contributed by atoms with van der Waals surface area (Å²) in [4.78, 5) is 8.44. The maximum absolute atomic E-state index is 5.50. The first kappa shape index (κ1) is 12.4. The Kier molecular flexibility index (Phi) is 3.82. The first-order valence-corrected chi connectivity index (χ1v) is 6.05. The number of hydrogen-bond acceptors (Lipinski definition) is 5. The summed E-state index contributed by atoms with van der Waals surface area (Å²) in [5, 5.41) is 6.46. The second-order valence-corrected chi connectivity index (χ2v) is 4.09. The van der Waals surface area contributed by atoms with Gasteiger partial charge in [0, 0.05) is 12.1 Å². The summed E-state index contributed by atoms with van der Waals surface area (Å²) in [6.45, 7) is 7.43. The quantitative estimate of drug-likeness (QED) is 0.849. The first-order chi connectivity index (χ1) is 8.70. The van der Waals surface area contributed by atoms with Crippen molar-refractivity contribution in [1.29, 1.82) is 0 Å². The molecule has 0 radical (unpaired) electrons. The van der Waals surface area contributed by atoms with E-state index in [0.717, 1.165) is 35.3 Å². The van der Waals surface area contributed by atoms with Crippen LogP contribution in [0.5, 0.6) is 0 Å². The molecule has 0 aliphatic carbocycles. The fraction of sp³-hybridized carbons (Fsp3) is 0.385. The van der Waals surface area contributed by atoms with Crippen LogP contribution in [0.2, 0.25) is 0 Å². The van der Waals surface area contributed by atoms with Gasteiger partial charge in [-0.2, -0.15) is 0 Å². The van der Waals surface area contributed by atoms with Crippen molar-refractivity contribution < 1.29 is 4.42 Å². The third-order valence-electron chi connectivity index (χ3n) is 2.65. The third-order valence-corrected chi connectivity index (χ3v) is 2.65. The van der Waals surface area contributed by atoms with Crippen LogP contribution in [0, 0.1) is 13.8 Å². The van der Waals surface area contributed by atoms with Crippen molar-refractivity contribution in [2.45, 2.75) is 27.3 Å². The number of aromatic nitrogens is 2. The highest BCUT2D eigenvalue weighted by Gasteiger charge is 2.06. The van der Waals surface area contributed by atoms with Crippen molar-refractivity contribution in [3.63, 3.8) is 0 Å². The molecule has 5 nitrogen and oxygen atoms in total. The van der Waals surface area contributed by atoms with Gasteiger partial charge in [0.15, 0.2) is 0 Å². The van der Waals surface area contributed by atoms with Crippen LogP contribution >= 0.6 is 0 Å². The number of aryl methyl sites for hydroxylation is 1. The smallest absolute Gasteiger partial charge is 0.134 e. The molecule has 0 amide bonds. The molecule has 18 heavy (non-hydrogen) atoms. The number of anilines is 2. The lowest BCUT2D eigenvalue weighted by Crippen LogP contribution is -2.07. The Morgan fingerprint density at radius 2 is 1.83 bits per heavy atom. The van der Waals surface area contributed by atoms with E-state index in [1.54, 1.807) is 6.33 Å². The standard InChI is InChI=1S/C13H18N4O/c1-4-14-12-10(3)13(17-8-16-12)15-7-11-6-5-9(2)18-11/h5-6,8H,4,7H2,1-3H3,(H2,14,15,16,17). The number of hydrogen-bond donors (Lipinski definition) is 2. The van der Waals surface area contributed by atoms with Crippen LogP contribution in [0.1, 0.15) is 24.0 Å². The normalized spacial score (nSPS) is 10.4. The van der Waals surface area contributed by atoms with Gasteiger partial charge in [-0.15, -0.1) is 0 Å². The highest BCUT2D eigenvalue weighted by Crippen LogP contribution is 2.18. The van der Waals surface area contributed by atoms with Crippen molar-refractivity contribution >= 4 is 11.6 Å². The molecule has 0 bridgehead atoms. The Balaban J connectivity index is 2.07. The van der Waals surface area contributed by atoms with E-state index in [2.05, 4.69) is 20.6 Å². The van der Waals surface area contributed by atoms with Crippen LogP contribution in [-0.2, 0) is 6.54 Å². The molecule has 2 aromatic rings. The minimum Gasteiger partial charge on any atom is -0.465 e. The summed E-state index contributed by atoms with van der Waals surface area (Å²) in [6.07, 6.45) is 1.56. The zero-order chi connectivity index (χ0) is 13.0. The monoisotopic (exact) mass is 246 g/mol. The number of furan rings is 1. The van der Waals surface area contributed by atoms with Crippen LogP contribution in [0.15, 0.2) is 22.9 Å². The molecule has 0 spiro atoms. The van der Waals surface area contributed by atoms with Crippen molar-refractivity contribution in [2.75, 3.05) is 17.2 Å². The summed E-state index contributed by atoms with van der Waals surface area (Å²) in [5.74, 6) is 3.51. The lowest BCUT2D eigenvalue weighted by atomic mass is 10.3. The molecule has 2 aromatic heterocycles. The van der Waals surface area contributed by atoms with Crippen molar-refractivity contribution in [3.8, 4) is 0 Å². The maximum atomic E-state index is 5.50. The van der Waals surface area contributed by atoms with E-state index in [4.69, 9.17) is 4.42 Å². The molecule has 0 aliphatic rings. The molecule has 0 aromatic carbocycles. The van der Waals surface area contributed by atoms with E-state index >= 15 is 0 Å². The third kappa shape index (κ3) is 2.80. The van der Waals surface area contributed by atoms with Gasteiger partial charge < -0.3 is 15.1 Å². The fourth-order valence-corrected chi connectivity index (χ4v) is 1.73. The predicted molar refractivity (Wildman–Crippen MR) is 71.7 cm³/mol. The summed E-state index contributed by atoms with van der Waals surface area (Å²) in [5.41, 5.74) is 1.02. The van der Waals surface area contributed by atoms with E-state index in [1.807, 2.05) is 32.9 Å². The summed E-state index contributed by atoms with van der Waals surface area (Å²) >= 11 is 0. The number of rotatable bonds is 5. The molecule has 5 heteroatoms. The second-order valence-electron chi connectivity index (χ2n) is 4.09. The fourth-order valence-electron chi connectivity index (χ4n) is 1.73. The Morgan fingerprint density at radius 1 is 1.11 bits per heavy atom. The zero-order valence-corrected chi connectivity index (χ0v) is 10.9. The van der Waals surface area contributed by atoms with Crippen LogP contribution in [0.4, 0.5) is 11.6 Å². The van der Waals surface area contributed by atoms with Gasteiger partial charge in [0.2, 0.25) is 0 Å². The van der Waals surface area contributed by atoms with E-state index in [-0.39, 0.29) is 0 Å². The molecule has 0 saturated heterocycles. The highest BCUT2D eigenvalue weighted by molar-refractivity contribution is 5.56. The molecule has 2 heterocycles. The van der Waals surface area contributed by atoms with Gasteiger partial charge in [0.05, 0.1) is 6.54 Å². The molecule has 2 N–H and O–H groups in total. The second kappa shape index (κ2) is 5.53. The van der Waals surface area contributed by atoms with Crippen molar-refractivity contribution in [2.24, 2.45) is 0 Å². The highest BCUT2D eigenvalue weighted by atomic mass is 16.3. The average molecular weight is 246 g/mol. The lowest BCUT2D eigenvalue weighted by molar-refractivity contribution is 0.490. The van der Waals surface area contributed by atoms with Gasteiger partial charge in [0.1, 0.15) is 29.5 Å². The topological polar surface area (TPSA) is 63.0 Å². The SMILES string of the molecule is CCNc1ncnc(NCc2ccc(C)o2)c1C. The first-order valence-electron chi connectivity index (χ1n) is 6.05. The van der Waals surface area contributed by atoms with Gasteiger partial charge in [0.25, 0.3) is 0 Å². The van der Waals surface area contributed by atoms with E-state index in [0.29, 0.717) is 6.54 Å². The largest absolute Gasteiger partial charge is 0.465 e. The van der Waals surface area contributed by atoms with Gasteiger partial charge in [-0.1, -0.05) is 0 Å². The van der Waals surface area contributed by atoms with E-state index in [1.165, 1.54) is 0 Å². The molecular weight excluding hydrogens is 228 g/mol. The Bertz CT molecular complexity index is 521. The summed E-state index contributed by atoms with van der Waals surface area (Å²) < 4.78 is 5.50. The number of nitrogens with zero attached hydrogens (tertiary/aromatic N) is 2. The molecule has 0 unspecified atom stereocenters. The Morgan fingerprint density at radius 3 is 2.44 bits per heavy atom. The summed E-state index contributed by atoms with van der Waals surface area (Å²) in [7, 11) is 0. The van der Waals surface area contributed by atoms with Crippen molar-refractivity contribution in [1.82, 2.24) is 9.97 Å². The molecule has 96 valence electrons. The van der Waals surface area contributed by atoms with E-state index in [9.17, 15) is 0 Å². The van der Waals surface area contributed by atoms with Crippen LogP contribution in [0.25, 0.3) is 0 Å². The Labute approximate surface area is 107 Å². The van der Waals surface area contributed by atoms with Crippen LogP contribution in [0.3, 0.4) is 0 Å². The van der Waals surface area contributed by atoms with Crippen molar-refractivity contribution in [3.05, 3.63) is 35.5 Å². The molecule has 0 atom stereocenters. The van der Waals surface area contributed by atoms with Gasteiger partial charge in [-0.05, 0) is 32.9 Å². The molecule has 0 saturated carbocycles. The minimum absolute atomic E-state index is 0.622. The molecule has 0 aliphatic heterocycles. The number of nitrogens with one attached hydrogen (secondary N) is 2. The van der Waals surface area contributed by atoms with Crippen LogP contribution < -0.4 is 10.6 Å². The van der Waals surface area contributed by atoms with Crippen LogP contribution in [-0.4, -0.2) is 16.5 Å². The summed E-state index contributed by atoms with van der Waals surface area (Å²) in [6, 6.07) is 3.91. The molecular formula is C13H18N4O. The van der Waals surface area contributed by atoms with Gasteiger partial charge in [-0.3, -0.25) is 0 Å². The molecule has 2 rings (SSSR count).